The smallest absolute Gasteiger partial charge is 0.238 e. The van der Waals surface area contributed by atoms with Gasteiger partial charge in [-0.2, -0.15) is 0 Å². The minimum atomic E-state index is -3.75. The van der Waals surface area contributed by atoms with Gasteiger partial charge in [0.15, 0.2) is 0 Å². The number of amides is 2. The normalized spacial score (nSPS) is 11.0. The summed E-state index contributed by atoms with van der Waals surface area (Å²) < 4.78 is 22.4. The van der Waals surface area contributed by atoms with E-state index in [1.54, 1.807) is 18.2 Å². The highest BCUT2D eigenvalue weighted by atomic mass is 32.2. The van der Waals surface area contributed by atoms with Gasteiger partial charge in [0.1, 0.15) is 0 Å². The fourth-order valence-corrected chi connectivity index (χ4v) is 3.21. The van der Waals surface area contributed by atoms with Crippen molar-refractivity contribution in [1.29, 1.82) is 0 Å². The SMILES string of the molecule is CC(=O)Nc1cccc(SCC(=O)Nc2ccc(S(N)(=O)=O)cc2)c1. The molecule has 2 aromatic rings. The number of hydrogen-bond donors (Lipinski definition) is 3. The standard InChI is InChI=1S/C16H17N3O4S2/c1-11(20)18-13-3-2-4-14(9-13)24-10-16(21)19-12-5-7-15(8-6-12)25(17,22)23/h2-9H,10H2,1H3,(H,18,20)(H,19,21)(H2,17,22,23). The number of thioether (sulfide) groups is 1. The Morgan fingerprint density at radius 3 is 2.32 bits per heavy atom. The van der Waals surface area contributed by atoms with Crippen LogP contribution in [0.25, 0.3) is 0 Å². The molecule has 2 amide bonds. The van der Waals surface area contributed by atoms with E-state index in [2.05, 4.69) is 10.6 Å². The average molecular weight is 379 g/mol. The van der Waals surface area contributed by atoms with Crippen LogP contribution in [-0.4, -0.2) is 26.0 Å². The number of carbonyl (C=O) groups excluding carboxylic acids is 2. The number of sulfonamides is 1. The molecular weight excluding hydrogens is 362 g/mol. The third-order valence-electron chi connectivity index (χ3n) is 2.99. The third-order valence-corrected chi connectivity index (χ3v) is 4.91. The largest absolute Gasteiger partial charge is 0.326 e. The van der Waals surface area contributed by atoms with Crippen LogP contribution in [0, 0.1) is 0 Å². The lowest BCUT2D eigenvalue weighted by atomic mass is 10.3. The quantitative estimate of drug-likeness (QED) is 0.664. The number of nitrogens with two attached hydrogens (primary N) is 1. The van der Waals surface area contributed by atoms with Gasteiger partial charge in [0, 0.05) is 23.2 Å². The van der Waals surface area contributed by atoms with Crippen molar-refractivity contribution in [1.82, 2.24) is 0 Å². The highest BCUT2D eigenvalue weighted by Crippen LogP contribution is 2.22. The minimum Gasteiger partial charge on any atom is -0.326 e. The van der Waals surface area contributed by atoms with Gasteiger partial charge in [-0.25, -0.2) is 13.6 Å². The Hall–Kier alpha value is -2.36. The lowest BCUT2D eigenvalue weighted by molar-refractivity contribution is -0.114. The van der Waals surface area contributed by atoms with Gasteiger partial charge < -0.3 is 10.6 Å². The number of anilines is 2. The molecule has 0 unspecified atom stereocenters. The first-order valence-electron chi connectivity index (χ1n) is 7.17. The van der Waals surface area contributed by atoms with Gasteiger partial charge in [-0.15, -0.1) is 11.8 Å². The van der Waals surface area contributed by atoms with Crippen LogP contribution < -0.4 is 15.8 Å². The summed E-state index contributed by atoms with van der Waals surface area (Å²) in [4.78, 5) is 23.9. The van der Waals surface area contributed by atoms with Crippen LogP contribution in [0.4, 0.5) is 11.4 Å². The molecule has 0 aliphatic carbocycles. The predicted molar refractivity (Wildman–Crippen MR) is 97.9 cm³/mol. The number of nitrogens with one attached hydrogen (secondary N) is 2. The van der Waals surface area contributed by atoms with Crippen molar-refractivity contribution in [2.75, 3.05) is 16.4 Å². The Bertz CT molecular complexity index is 881. The van der Waals surface area contributed by atoms with Crippen molar-refractivity contribution >= 4 is 45.0 Å². The maximum absolute atomic E-state index is 12.0. The fourth-order valence-electron chi connectivity index (χ4n) is 1.94. The summed E-state index contributed by atoms with van der Waals surface area (Å²) in [5.74, 6) is -0.235. The topological polar surface area (TPSA) is 118 Å². The van der Waals surface area contributed by atoms with Crippen LogP contribution in [0.5, 0.6) is 0 Å². The Kier molecular flexibility index (Phi) is 6.18. The molecule has 0 saturated heterocycles. The molecule has 0 fully saturated rings. The number of carbonyl (C=O) groups is 2. The summed E-state index contributed by atoms with van der Waals surface area (Å²) in [5.41, 5.74) is 1.14. The number of hydrogen-bond acceptors (Lipinski definition) is 5. The lowest BCUT2D eigenvalue weighted by Gasteiger charge is -2.07. The van der Waals surface area contributed by atoms with Gasteiger partial charge in [0.25, 0.3) is 0 Å². The van der Waals surface area contributed by atoms with Gasteiger partial charge in [0.05, 0.1) is 10.6 Å². The van der Waals surface area contributed by atoms with Crippen LogP contribution >= 0.6 is 11.8 Å². The lowest BCUT2D eigenvalue weighted by Crippen LogP contribution is -2.15. The van der Waals surface area contributed by atoms with Crippen molar-refractivity contribution in [2.24, 2.45) is 5.14 Å². The second-order valence-electron chi connectivity index (χ2n) is 5.12. The molecule has 9 heteroatoms. The fraction of sp³-hybridized carbons (Fsp3) is 0.125. The van der Waals surface area contributed by atoms with Crippen molar-refractivity contribution in [3.63, 3.8) is 0 Å². The Morgan fingerprint density at radius 2 is 1.72 bits per heavy atom. The molecule has 132 valence electrons. The molecule has 0 aliphatic rings. The van der Waals surface area contributed by atoms with Crippen molar-refractivity contribution in [2.45, 2.75) is 16.7 Å². The molecule has 7 nitrogen and oxygen atoms in total. The van der Waals surface area contributed by atoms with Crippen LogP contribution in [0.3, 0.4) is 0 Å². The monoisotopic (exact) mass is 379 g/mol. The van der Waals surface area contributed by atoms with Crippen molar-refractivity contribution < 1.29 is 18.0 Å². The van der Waals surface area contributed by atoms with Crippen molar-refractivity contribution in [3.05, 3.63) is 48.5 Å². The highest BCUT2D eigenvalue weighted by molar-refractivity contribution is 8.00. The van der Waals surface area contributed by atoms with Crippen LogP contribution in [0.2, 0.25) is 0 Å². The predicted octanol–water partition coefficient (Wildman–Crippen LogP) is 2.02. The van der Waals surface area contributed by atoms with E-state index in [1.165, 1.54) is 43.0 Å². The third kappa shape index (κ3) is 6.22. The van der Waals surface area contributed by atoms with Crippen LogP contribution in [0.1, 0.15) is 6.92 Å². The van der Waals surface area contributed by atoms with E-state index in [0.717, 1.165) is 4.90 Å². The Labute approximate surface area is 150 Å². The molecule has 0 aromatic heterocycles. The second-order valence-corrected chi connectivity index (χ2v) is 7.73. The molecule has 0 bridgehead atoms. The zero-order chi connectivity index (χ0) is 18.4. The summed E-state index contributed by atoms with van der Waals surface area (Å²) in [5, 5.41) is 10.4. The highest BCUT2D eigenvalue weighted by Gasteiger charge is 2.08. The molecule has 2 rings (SSSR count). The van der Waals surface area contributed by atoms with Gasteiger partial charge in [-0.3, -0.25) is 9.59 Å². The van der Waals surface area contributed by atoms with E-state index in [0.29, 0.717) is 11.4 Å². The molecule has 25 heavy (non-hydrogen) atoms. The molecular formula is C16H17N3O4S2. The van der Waals surface area contributed by atoms with Gasteiger partial charge >= 0.3 is 0 Å². The van der Waals surface area contributed by atoms with Crippen LogP contribution in [-0.2, 0) is 19.6 Å². The second kappa shape index (κ2) is 8.15. The first kappa shape index (κ1) is 19.0. The number of rotatable bonds is 6. The van der Waals surface area contributed by atoms with E-state index in [-0.39, 0.29) is 22.5 Å². The zero-order valence-corrected chi connectivity index (χ0v) is 15.0. The van der Waals surface area contributed by atoms with E-state index in [4.69, 9.17) is 5.14 Å². The maximum Gasteiger partial charge on any atom is 0.238 e. The average Bonchev–Trinajstić information content (AvgIpc) is 2.52. The summed E-state index contributed by atoms with van der Waals surface area (Å²) in [7, 11) is -3.75. The Balaban J connectivity index is 1.91. The van der Waals surface area contributed by atoms with Gasteiger partial charge in [-0.05, 0) is 42.5 Å². The molecule has 0 heterocycles. The van der Waals surface area contributed by atoms with E-state index in [9.17, 15) is 18.0 Å². The first-order valence-corrected chi connectivity index (χ1v) is 9.70. The zero-order valence-electron chi connectivity index (χ0n) is 13.4. The number of primary sulfonamides is 1. The molecule has 0 spiro atoms. The Morgan fingerprint density at radius 1 is 1.04 bits per heavy atom. The molecule has 0 atom stereocenters. The molecule has 2 aromatic carbocycles. The summed E-state index contributed by atoms with van der Waals surface area (Å²) in [6.07, 6.45) is 0. The minimum absolute atomic E-state index is 0.0188. The maximum atomic E-state index is 12.0. The molecule has 0 aliphatic heterocycles. The van der Waals surface area contributed by atoms with Gasteiger partial charge in [-0.1, -0.05) is 6.07 Å². The number of benzene rings is 2. The summed E-state index contributed by atoms with van der Waals surface area (Å²) in [6, 6.07) is 12.8. The summed E-state index contributed by atoms with van der Waals surface area (Å²) >= 11 is 1.32. The van der Waals surface area contributed by atoms with Crippen molar-refractivity contribution in [3.8, 4) is 0 Å². The first-order chi connectivity index (χ1) is 11.7. The molecule has 0 radical (unpaired) electrons. The van der Waals surface area contributed by atoms with E-state index < -0.39 is 10.0 Å². The van der Waals surface area contributed by atoms with Crippen LogP contribution in [0.15, 0.2) is 58.3 Å². The molecule has 4 N–H and O–H groups in total. The van der Waals surface area contributed by atoms with E-state index in [1.807, 2.05) is 6.07 Å². The molecule has 0 saturated carbocycles. The van der Waals surface area contributed by atoms with E-state index >= 15 is 0 Å². The summed E-state index contributed by atoms with van der Waals surface area (Å²) in [6.45, 7) is 1.43. The van der Waals surface area contributed by atoms with Gasteiger partial charge in [0.2, 0.25) is 21.8 Å².